The average Bonchev–Trinajstić information content (AvgIpc) is 2.75. The molecule has 0 aliphatic carbocycles. The summed E-state index contributed by atoms with van der Waals surface area (Å²) in [5.74, 6) is -0.978. The molecule has 0 saturated carbocycles. The van der Waals surface area contributed by atoms with E-state index >= 15 is 0 Å². The third-order valence-electron chi connectivity index (χ3n) is 4.73. The number of pyridine rings is 1. The molecule has 2 rings (SSSR count). The van der Waals surface area contributed by atoms with Crippen LogP contribution in [0.15, 0.2) is 10.7 Å². The second kappa shape index (κ2) is 13.2. The van der Waals surface area contributed by atoms with Crippen molar-refractivity contribution >= 4 is 63.0 Å². The maximum Gasteiger partial charge on any atom is 0.427 e. The van der Waals surface area contributed by atoms with Gasteiger partial charge in [-0.2, -0.15) is 9.88 Å². The molecule has 0 spiro atoms. The molecule has 2 aromatic rings. The van der Waals surface area contributed by atoms with Gasteiger partial charge in [0.1, 0.15) is 33.4 Å². The van der Waals surface area contributed by atoms with E-state index in [0.29, 0.717) is 9.80 Å². The van der Waals surface area contributed by atoms with Crippen molar-refractivity contribution in [3.05, 3.63) is 10.7 Å². The van der Waals surface area contributed by atoms with Crippen LogP contribution in [0.4, 0.5) is 30.9 Å². The zero-order valence-electron chi connectivity index (χ0n) is 29.4. The molecule has 2 heterocycles. The summed E-state index contributed by atoms with van der Waals surface area (Å²) in [6, 6.07) is 0. The number of rotatable bonds is 3. The van der Waals surface area contributed by atoms with Gasteiger partial charge in [0.15, 0.2) is 5.82 Å². The Morgan fingerprint density at radius 3 is 1.30 bits per heavy atom. The van der Waals surface area contributed by atoms with Crippen molar-refractivity contribution in [1.82, 2.24) is 15.0 Å². The molecule has 0 unspecified atom stereocenters. The number of aromatic nitrogens is 3. The van der Waals surface area contributed by atoms with Crippen molar-refractivity contribution in [2.75, 3.05) is 9.80 Å². The fraction of sp³-hybridized carbons (Fsp3) is 0.645. The van der Waals surface area contributed by atoms with Gasteiger partial charge in [-0.1, -0.05) is 0 Å². The SMILES string of the molecule is CC(C)(C)OC(=O)N(C(=O)OC(C)(C)C)c1nc(OC(C)(C)C)c2c(N(C(=O)OC(C)(C)C)C(=O)OC(C)(C)C)ncc(Br)c2n1. The second-order valence-electron chi connectivity index (χ2n) is 15.3. The molecule has 0 aliphatic heterocycles. The molecule has 14 nitrogen and oxygen atoms in total. The predicted octanol–water partition coefficient (Wildman–Crippen LogP) is 8.32. The van der Waals surface area contributed by atoms with E-state index in [4.69, 9.17) is 23.7 Å². The number of nitrogens with zero attached hydrogens (tertiary/aromatic N) is 5. The zero-order valence-corrected chi connectivity index (χ0v) is 31.0. The minimum absolute atomic E-state index is 0.0171. The Labute approximate surface area is 278 Å². The number of carbonyl (C=O) groups excluding carboxylic acids is 4. The van der Waals surface area contributed by atoms with Gasteiger partial charge in [-0.05, 0) is 120 Å². The van der Waals surface area contributed by atoms with E-state index < -0.39 is 58.3 Å². The molecule has 0 aliphatic rings. The largest absolute Gasteiger partial charge is 0.471 e. The molecular formula is C31H46BrN5O9. The van der Waals surface area contributed by atoms with Gasteiger partial charge >= 0.3 is 24.4 Å². The first-order valence-corrected chi connectivity index (χ1v) is 15.3. The minimum Gasteiger partial charge on any atom is -0.471 e. The van der Waals surface area contributed by atoms with Crippen molar-refractivity contribution in [2.24, 2.45) is 0 Å². The van der Waals surface area contributed by atoms with E-state index in [9.17, 15) is 19.2 Å². The number of hydrogen-bond donors (Lipinski definition) is 0. The van der Waals surface area contributed by atoms with Gasteiger partial charge in [0.25, 0.3) is 0 Å². The Kier molecular flexibility index (Phi) is 11.0. The third-order valence-corrected chi connectivity index (χ3v) is 5.31. The van der Waals surface area contributed by atoms with E-state index in [0.717, 1.165) is 0 Å². The highest BCUT2D eigenvalue weighted by Gasteiger charge is 2.39. The lowest BCUT2D eigenvalue weighted by atomic mass is 10.2. The molecule has 256 valence electrons. The number of imide groups is 2. The van der Waals surface area contributed by atoms with Gasteiger partial charge in [-0.3, -0.25) is 0 Å². The maximum atomic E-state index is 13.6. The van der Waals surface area contributed by atoms with Crippen LogP contribution >= 0.6 is 15.9 Å². The number of amides is 4. The number of anilines is 2. The summed E-state index contributed by atoms with van der Waals surface area (Å²) in [7, 11) is 0. The molecule has 0 radical (unpaired) electrons. The van der Waals surface area contributed by atoms with Crippen molar-refractivity contribution in [3.63, 3.8) is 0 Å². The lowest BCUT2D eigenvalue weighted by molar-refractivity contribution is 0.0406. The second-order valence-corrected chi connectivity index (χ2v) is 16.1. The molecule has 0 saturated heterocycles. The highest BCUT2D eigenvalue weighted by molar-refractivity contribution is 9.10. The Morgan fingerprint density at radius 1 is 0.587 bits per heavy atom. The monoisotopic (exact) mass is 711 g/mol. The summed E-state index contributed by atoms with van der Waals surface area (Å²) in [5, 5.41) is -0.0295. The lowest BCUT2D eigenvalue weighted by Gasteiger charge is -2.30. The number of fused-ring (bicyclic) bond motifs is 1. The smallest absolute Gasteiger partial charge is 0.427 e. The Morgan fingerprint density at radius 2 is 0.957 bits per heavy atom. The van der Waals surface area contributed by atoms with Crippen molar-refractivity contribution in [2.45, 2.75) is 132 Å². The molecular weight excluding hydrogens is 666 g/mol. The van der Waals surface area contributed by atoms with Crippen molar-refractivity contribution in [1.29, 1.82) is 0 Å². The quantitative estimate of drug-likeness (QED) is 0.281. The van der Waals surface area contributed by atoms with Gasteiger partial charge in [-0.25, -0.2) is 29.1 Å². The summed E-state index contributed by atoms with van der Waals surface area (Å²) < 4.78 is 28.5. The molecule has 0 fully saturated rings. The maximum absolute atomic E-state index is 13.6. The van der Waals surface area contributed by atoms with E-state index in [1.54, 1.807) is 104 Å². The van der Waals surface area contributed by atoms with E-state index in [1.165, 1.54) is 6.20 Å². The minimum atomic E-state index is -1.11. The molecule has 0 atom stereocenters. The molecule has 0 N–H and O–H groups in total. The van der Waals surface area contributed by atoms with Gasteiger partial charge in [0, 0.05) is 6.20 Å². The van der Waals surface area contributed by atoms with Crippen LogP contribution in [0.25, 0.3) is 10.9 Å². The molecule has 4 amide bonds. The molecule has 15 heteroatoms. The van der Waals surface area contributed by atoms with Crippen LogP contribution in [0, 0.1) is 0 Å². The summed E-state index contributed by atoms with van der Waals surface area (Å²) in [4.78, 5) is 68.5. The van der Waals surface area contributed by atoms with Crippen LogP contribution in [-0.4, -0.2) is 67.3 Å². The van der Waals surface area contributed by atoms with Crippen molar-refractivity contribution in [3.8, 4) is 5.88 Å². The average molecular weight is 713 g/mol. The first-order chi connectivity index (χ1) is 20.5. The summed E-state index contributed by atoms with van der Waals surface area (Å²) in [5.41, 5.74) is -4.92. The van der Waals surface area contributed by atoms with Gasteiger partial charge < -0.3 is 23.7 Å². The Balaban J connectivity index is 3.06. The van der Waals surface area contributed by atoms with Crippen LogP contribution in [0.1, 0.15) is 104 Å². The fourth-order valence-corrected chi connectivity index (χ4v) is 3.79. The van der Waals surface area contributed by atoms with Crippen LogP contribution in [0.2, 0.25) is 0 Å². The standard InChI is InChI=1S/C31H46BrN5O9/c1-27(2,3)42-21-18-19(34-22(35-21)37(25(40)45-30(10,11)12)26(41)46-31(13,14)15)17(32)16-33-20(18)36(23(38)43-28(4,5)6)24(39)44-29(7,8)9/h16H,1-15H3. The first kappa shape index (κ1) is 38.4. The number of carbonyl (C=O) groups is 4. The van der Waals surface area contributed by atoms with E-state index in [-0.39, 0.29) is 27.1 Å². The Bertz CT molecular complexity index is 1440. The van der Waals surface area contributed by atoms with Crippen LogP contribution in [-0.2, 0) is 18.9 Å². The normalized spacial score (nSPS) is 12.7. The lowest BCUT2D eigenvalue weighted by Crippen LogP contribution is -2.45. The van der Waals surface area contributed by atoms with Gasteiger partial charge in [0.05, 0.1) is 9.99 Å². The number of ether oxygens (including phenoxy) is 5. The van der Waals surface area contributed by atoms with Gasteiger partial charge in [0.2, 0.25) is 11.8 Å². The van der Waals surface area contributed by atoms with Crippen LogP contribution < -0.4 is 14.5 Å². The molecule has 0 aromatic carbocycles. The number of halogens is 1. The third kappa shape index (κ3) is 11.2. The zero-order chi connectivity index (χ0) is 35.8. The van der Waals surface area contributed by atoms with Gasteiger partial charge in [-0.15, -0.1) is 4.90 Å². The summed E-state index contributed by atoms with van der Waals surface area (Å²) in [6.45, 7) is 24.8. The Hall–Kier alpha value is -3.75. The highest BCUT2D eigenvalue weighted by Crippen LogP contribution is 2.39. The van der Waals surface area contributed by atoms with E-state index in [2.05, 4.69) is 30.9 Å². The fourth-order valence-electron chi connectivity index (χ4n) is 3.40. The topological polar surface area (TPSA) is 160 Å². The number of hydrogen-bond acceptors (Lipinski definition) is 12. The van der Waals surface area contributed by atoms with Crippen LogP contribution in [0.3, 0.4) is 0 Å². The molecule has 46 heavy (non-hydrogen) atoms. The predicted molar refractivity (Wildman–Crippen MR) is 175 cm³/mol. The van der Waals surface area contributed by atoms with Crippen LogP contribution in [0.5, 0.6) is 5.88 Å². The highest BCUT2D eigenvalue weighted by atomic mass is 79.9. The molecule has 2 aromatic heterocycles. The molecule has 0 bridgehead atoms. The van der Waals surface area contributed by atoms with Crippen molar-refractivity contribution < 1.29 is 42.9 Å². The summed E-state index contributed by atoms with van der Waals surface area (Å²) in [6.07, 6.45) is -3.13. The van der Waals surface area contributed by atoms with E-state index in [1.807, 2.05) is 0 Å². The summed E-state index contributed by atoms with van der Waals surface area (Å²) >= 11 is 3.41. The first-order valence-electron chi connectivity index (χ1n) is 14.6.